The molecule has 4 N–H and O–H groups in total. The first-order chi connectivity index (χ1) is 12.3. The Bertz CT molecular complexity index is 836. The number of aromatic nitrogens is 2. The lowest BCUT2D eigenvalue weighted by atomic mass is 10.1. The van der Waals surface area contributed by atoms with Crippen molar-refractivity contribution in [2.75, 3.05) is 11.9 Å². The lowest BCUT2D eigenvalue weighted by Crippen LogP contribution is -2.32. The van der Waals surface area contributed by atoms with Crippen LogP contribution >= 0.6 is 0 Å². The number of sulfonamides is 1. The van der Waals surface area contributed by atoms with Crippen LogP contribution in [0.25, 0.3) is 0 Å². The van der Waals surface area contributed by atoms with Gasteiger partial charge in [0.1, 0.15) is 0 Å². The van der Waals surface area contributed by atoms with E-state index in [4.69, 9.17) is 5.14 Å². The fourth-order valence-electron chi connectivity index (χ4n) is 2.11. The second kappa shape index (κ2) is 8.72. The van der Waals surface area contributed by atoms with Crippen LogP contribution in [0.1, 0.15) is 36.2 Å². The summed E-state index contributed by atoms with van der Waals surface area (Å²) in [5.41, 5.74) is 1.36. The molecule has 8 nitrogen and oxygen atoms in total. The van der Waals surface area contributed by atoms with Crippen LogP contribution in [0.15, 0.2) is 41.6 Å². The first kappa shape index (κ1) is 19.8. The third kappa shape index (κ3) is 5.78. The molecule has 0 aliphatic rings. The molecular weight excluding hydrogens is 354 g/mol. The molecule has 0 aliphatic carbocycles. The molecule has 1 atom stereocenters. The van der Waals surface area contributed by atoms with Gasteiger partial charge in [-0.05, 0) is 37.5 Å². The molecule has 0 aliphatic heterocycles. The van der Waals surface area contributed by atoms with E-state index in [1.54, 1.807) is 12.1 Å². The van der Waals surface area contributed by atoms with Crippen LogP contribution in [-0.4, -0.2) is 36.9 Å². The molecular formula is C17H23N5O3S. The number of anilines is 1. The summed E-state index contributed by atoms with van der Waals surface area (Å²) in [6.45, 7) is 4.49. The van der Waals surface area contributed by atoms with Gasteiger partial charge in [-0.15, -0.1) is 0 Å². The molecule has 0 bridgehead atoms. The van der Waals surface area contributed by atoms with Gasteiger partial charge in [0.2, 0.25) is 16.0 Å². The normalized spacial score (nSPS) is 12.4. The molecule has 0 saturated carbocycles. The van der Waals surface area contributed by atoms with Gasteiger partial charge < -0.3 is 10.6 Å². The highest BCUT2D eigenvalue weighted by atomic mass is 32.2. The quantitative estimate of drug-likeness (QED) is 0.636. The van der Waals surface area contributed by atoms with E-state index in [0.717, 1.165) is 12.0 Å². The molecule has 140 valence electrons. The Hall–Kier alpha value is -2.52. The number of carbonyl (C=O) groups is 1. The predicted molar refractivity (Wildman–Crippen MR) is 99.3 cm³/mol. The van der Waals surface area contributed by atoms with Crippen molar-refractivity contribution < 1.29 is 13.2 Å². The smallest absolute Gasteiger partial charge is 0.254 e. The molecule has 1 unspecified atom stereocenters. The summed E-state index contributed by atoms with van der Waals surface area (Å²) in [4.78, 5) is 20.3. The largest absolute Gasteiger partial charge is 0.354 e. The number of nitrogens with two attached hydrogens (primary N) is 1. The summed E-state index contributed by atoms with van der Waals surface area (Å²) in [5.74, 6) is 0.229. The minimum atomic E-state index is -3.67. The van der Waals surface area contributed by atoms with Crippen LogP contribution in [0, 0.1) is 0 Å². The monoisotopic (exact) mass is 377 g/mol. The van der Waals surface area contributed by atoms with Crippen molar-refractivity contribution in [3.8, 4) is 0 Å². The van der Waals surface area contributed by atoms with Crippen LogP contribution in [0.5, 0.6) is 0 Å². The van der Waals surface area contributed by atoms with Crippen LogP contribution in [0.3, 0.4) is 0 Å². The van der Waals surface area contributed by atoms with Crippen LogP contribution in [0.4, 0.5) is 5.95 Å². The van der Waals surface area contributed by atoms with Crippen LogP contribution < -0.4 is 15.8 Å². The van der Waals surface area contributed by atoms with Crippen molar-refractivity contribution in [3.05, 3.63) is 47.8 Å². The molecule has 0 spiro atoms. The summed E-state index contributed by atoms with van der Waals surface area (Å²) in [5, 5.41) is 11.0. The van der Waals surface area contributed by atoms with Crippen LogP contribution in [-0.2, 0) is 16.4 Å². The van der Waals surface area contributed by atoms with Crippen LogP contribution in [0.2, 0.25) is 0 Å². The maximum atomic E-state index is 12.0. The summed E-state index contributed by atoms with van der Waals surface area (Å²) in [6.07, 6.45) is 4.47. The number of nitrogens with zero attached hydrogens (tertiary/aromatic N) is 2. The Morgan fingerprint density at radius 2 is 1.81 bits per heavy atom. The highest BCUT2D eigenvalue weighted by Gasteiger charge is 2.10. The maximum absolute atomic E-state index is 12.0. The molecule has 2 aromatic rings. The average Bonchev–Trinajstić information content (AvgIpc) is 2.61. The Balaban J connectivity index is 1.85. The highest BCUT2D eigenvalue weighted by Crippen LogP contribution is 2.09. The zero-order valence-electron chi connectivity index (χ0n) is 14.8. The second-order valence-electron chi connectivity index (χ2n) is 5.94. The zero-order chi connectivity index (χ0) is 19.2. The minimum Gasteiger partial charge on any atom is -0.354 e. The van der Waals surface area contributed by atoms with E-state index >= 15 is 0 Å². The molecule has 9 heteroatoms. The summed E-state index contributed by atoms with van der Waals surface area (Å²) < 4.78 is 22.4. The number of carbonyl (C=O) groups excluding carboxylic acids is 1. The molecule has 2 rings (SSSR count). The zero-order valence-corrected chi connectivity index (χ0v) is 15.6. The van der Waals surface area contributed by atoms with Crippen molar-refractivity contribution in [2.24, 2.45) is 5.14 Å². The molecule has 0 saturated heterocycles. The predicted octanol–water partition coefficient (Wildman–Crippen LogP) is 1.31. The Morgan fingerprint density at radius 1 is 1.19 bits per heavy atom. The van der Waals surface area contributed by atoms with Gasteiger partial charge in [-0.1, -0.05) is 19.1 Å². The molecule has 1 aromatic heterocycles. The Morgan fingerprint density at radius 3 is 2.35 bits per heavy atom. The van der Waals surface area contributed by atoms with Crippen molar-refractivity contribution in [1.29, 1.82) is 0 Å². The number of nitrogens with one attached hydrogen (secondary N) is 2. The summed E-state index contributed by atoms with van der Waals surface area (Å²) in [7, 11) is -3.67. The number of primary sulfonamides is 1. The van der Waals surface area contributed by atoms with E-state index in [-0.39, 0.29) is 16.8 Å². The van der Waals surface area contributed by atoms with Crippen molar-refractivity contribution in [2.45, 2.75) is 37.6 Å². The van der Waals surface area contributed by atoms with Crippen molar-refractivity contribution >= 4 is 21.9 Å². The third-order valence-corrected chi connectivity index (χ3v) is 4.78. The van der Waals surface area contributed by atoms with E-state index in [1.165, 1.54) is 24.5 Å². The number of hydrogen-bond donors (Lipinski definition) is 3. The minimum absolute atomic E-state index is 0.0869. The highest BCUT2D eigenvalue weighted by molar-refractivity contribution is 7.89. The SMILES string of the molecule is CCC(C)NC(=O)c1cnc(NCCc2ccc(S(N)(=O)=O)cc2)nc1. The molecule has 26 heavy (non-hydrogen) atoms. The van der Waals surface area contributed by atoms with Gasteiger partial charge in [0, 0.05) is 25.0 Å². The van der Waals surface area contributed by atoms with Gasteiger partial charge in [0.25, 0.3) is 5.91 Å². The fourth-order valence-corrected chi connectivity index (χ4v) is 2.63. The van der Waals surface area contributed by atoms with E-state index in [1.807, 2.05) is 13.8 Å². The molecule has 1 amide bonds. The Labute approximate surface area is 153 Å². The number of rotatable bonds is 8. The van der Waals surface area contributed by atoms with Gasteiger partial charge in [-0.3, -0.25) is 4.79 Å². The van der Waals surface area contributed by atoms with E-state index in [9.17, 15) is 13.2 Å². The fraction of sp³-hybridized carbons (Fsp3) is 0.353. The Kier molecular flexibility index (Phi) is 6.64. The van der Waals surface area contributed by atoms with Crippen molar-refractivity contribution in [1.82, 2.24) is 15.3 Å². The first-order valence-electron chi connectivity index (χ1n) is 8.28. The standard InChI is InChI=1S/C17H23N5O3S/c1-3-12(2)22-16(23)14-10-20-17(21-11-14)19-9-8-13-4-6-15(7-5-13)26(18,24)25/h4-7,10-12H,3,8-9H2,1-2H3,(H,22,23)(H2,18,24,25)(H,19,20,21). The molecule has 0 fully saturated rings. The van der Waals surface area contributed by atoms with Gasteiger partial charge >= 0.3 is 0 Å². The lowest BCUT2D eigenvalue weighted by Gasteiger charge is -2.11. The number of hydrogen-bond acceptors (Lipinski definition) is 6. The average molecular weight is 377 g/mol. The van der Waals surface area contributed by atoms with Gasteiger partial charge in [-0.25, -0.2) is 23.5 Å². The maximum Gasteiger partial charge on any atom is 0.254 e. The van der Waals surface area contributed by atoms with Gasteiger partial charge in [0.15, 0.2) is 0 Å². The second-order valence-corrected chi connectivity index (χ2v) is 7.51. The summed E-state index contributed by atoms with van der Waals surface area (Å²) >= 11 is 0. The van der Waals surface area contributed by atoms with E-state index < -0.39 is 10.0 Å². The van der Waals surface area contributed by atoms with E-state index in [2.05, 4.69) is 20.6 Å². The first-order valence-corrected chi connectivity index (χ1v) is 9.82. The van der Waals surface area contributed by atoms with Gasteiger partial charge in [-0.2, -0.15) is 0 Å². The molecule has 1 heterocycles. The summed E-state index contributed by atoms with van der Waals surface area (Å²) in [6, 6.07) is 6.48. The topological polar surface area (TPSA) is 127 Å². The molecule has 0 radical (unpaired) electrons. The number of benzene rings is 1. The molecule has 1 aromatic carbocycles. The van der Waals surface area contributed by atoms with E-state index in [0.29, 0.717) is 24.5 Å². The van der Waals surface area contributed by atoms with Crippen molar-refractivity contribution in [3.63, 3.8) is 0 Å². The number of amides is 1. The van der Waals surface area contributed by atoms with Gasteiger partial charge in [0.05, 0.1) is 10.5 Å². The lowest BCUT2D eigenvalue weighted by molar-refractivity contribution is 0.0938. The third-order valence-electron chi connectivity index (χ3n) is 3.85.